The molecule has 1 saturated carbocycles. The zero-order valence-corrected chi connectivity index (χ0v) is 7.70. The van der Waals surface area contributed by atoms with Gasteiger partial charge in [0.2, 0.25) is 6.08 Å². The van der Waals surface area contributed by atoms with Gasteiger partial charge in [-0.15, -0.1) is 0 Å². The highest BCUT2D eigenvalue weighted by molar-refractivity contribution is 5.32. The standard InChI is InChI=1S/C10H14N2O/c11-6-5-9-1-3-10(4-2-9)7-12-8-13/h9-10H,1-5,7H2. The van der Waals surface area contributed by atoms with Gasteiger partial charge in [0.25, 0.3) is 0 Å². The van der Waals surface area contributed by atoms with Crippen LogP contribution >= 0.6 is 0 Å². The van der Waals surface area contributed by atoms with Gasteiger partial charge in [0.05, 0.1) is 12.6 Å². The van der Waals surface area contributed by atoms with E-state index in [0.29, 0.717) is 24.8 Å². The molecular weight excluding hydrogens is 164 g/mol. The summed E-state index contributed by atoms with van der Waals surface area (Å²) in [6.45, 7) is 0.628. The Morgan fingerprint density at radius 1 is 1.23 bits per heavy atom. The molecule has 3 nitrogen and oxygen atoms in total. The second kappa shape index (κ2) is 5.50. The first-order chi connectivity index (χ1) is 6.36. The van der Waals surface area contributed by atoms with Crippen molar-refractivity contribution in [1.29, 1.82) is 5.26 Å². The lowest BCUT2D eigenvalue weighted by Crippen LogP contribution is -2.16. The van der Waals surface area contributed by atoms with E-state index in [1.165, 1.54) is 0 Å². The van der Waals surface area contributed by atoms with Gasteiger partial charge in [0, 0.05) is 6.42 Å². The smallest absolute Gasteiger partial charge is 0.211 e. The summed E-state index contributed by atoms with van der Waals surface area (Å²) < 4.78 is 0. The molecule has 1 aliphatic carbocycles. The minimum Gasteiger partial charge on any atom is -0.211 e. The van der Waals surface area contributed by atoms with Crippen molar-refractivity contribution in [3.63, 3.8) is 0 Å². The number of nitrogens with zero attached hydrogens (tertiary/aromatic N) is 2. The van der Waals surface area contributed by atoms with Crippen molar-refractivity contribution in [3.8, 4) is 6.07 Å². The maximum Gasteiger partial charge on any atom is 0.234 e. The highest BCUT2D eigenvalue weighted by atomic mass is 16.1. The van der Waals surface area contributed by atoms with E-state index in [2.05, 4.69) is 11.1 Å². The summed E-state index contributed by atoms with van der Waals surface area (Å²) in [7, 11) is 0. The van der Waals surface area contributed by atoms with E-state index in [4.69, 9.17) is 5.26 Å². The van der Waals surface area contributed by atoms with Crippen molar-refractivity contribution < 1.29 is 4.79 Å². The third-order valence-electron chi connectivity index (χ3n) is 2.76. The molecule has 0 aromatic carbocycles. The zero-order chi connectivity index (χ0) is 9.52. The Morgan fingerprint density at radius 2 is 1.85 bits per heavy atom. The van der Waals surface area contributed by atoms with E-state index in [0.717, 1.165) is 25.7 Å². The van der Waals surface area contributed by atoms with E-state index >= 15 is 0 Å². The number of nitriles is 1. The summed E-state index contributed by atoms with van der Waals surface area (Å²) in [5, 5.41) is 8.51. The monoisotopic (exact) mass is 178 g/mol. The molecule has 0 aliphatic heterocycles. The summed E-state index contributed by atoms with van der Waals surface area (Å²) in [4.78, 5) is 13.5. The van der Waals surface area contributed by atoms with Gasteiger partial charge in [0.15, 0.2) is 0 Å². The van der Waals surface area contributed by atoms with Crippen LogP contribution in [0.5, 0.6) is 0 Å². The molecule has 70 valence electrons. The normalized spacial score (nSPS) is 27.3. The number of hydrogen-bond acceptors (Lipinski definition) is 3. The third-order valence-corrected chi connectivity index (χ3v) is 2.76. The van der Waals surface area contributed by atoms with Crippen molar-refractivity contribution in [3.05, 3.63) is 0 Å². The van der Waals surface area contributed by atoms with Crippen LogP contribution in [0.15, 0.2) is 4.99 Å². The number of aliphatic imine (C=N–C) groups is 1. The molecule has 0 saturated heterocycles. The van der Waals surface area contributed by atoms with Crippen LogP contribution in [0.25, 0.3) is 0 Å². The largest absolute Gasteiger partial charge is 0.234 e. The molecule has 1 rings (SSSR count). The number of hydrogen-bond donors (Lipinski definition) is 0. The summed E-state index contributed by atoms with van der Waals surface area (Å²) in [6.07, 6.45) is 6.71. The molecule has 0 radical (unpaired) electrons. The van der Waals surface area contributed by atoms with Gasteiger partial charge in [-0.3, -0.25) is 0 Å². The van der Waals surface area contributed by atoms with Crippen LogP contribution in [-0.4, -0.2) is 12.6 Å². The molecule has 3 heteroatoms. The maximum atomic E-state index is 9.88. The average Bonchev–Trinajstić information content (AvgIpc) is 2.17. The Bertz CT molecular complexity index is 230. The second-order valence-corrected chi connectivity index (χ2v) is 3.68. The first kappa shape index (κ1) is 9.95. The Labute approximate surface area is 78.5 Å². The number of carbonyl (C=O) groups excluding carboxylic acids is 1. The molecule has 0 aromatic heterocycles. The summed E-state index contributed by atoms with van der Waals surface area (Å²) in [6, 6.07) is 2.21. The SMILES string of the molecule is N#CCC1CCC(CN=C=O)CC1. The molecule has 1 fully saturated rings. The lowest BCUT2D eigenvalue weighted by molar-refractivity contribution is 0.283. The van der Waals surface area contributed by atoms with Crippen LogP contribution in [0.1, 0.15) is 32.1 Å². The van der Waals surface area contributed by atoms with Gasteiger partial charge >= 0.3 is 0 Å². The lowest BCUT2D eigenvalue weighted by Gasteiger charge is -2.25. The number of isocyanates is 1. The van der Waals surface area contributed by atoms with E-state index < -0.39 is 0 Å². The van der Waals surface area contributed by atoms with E-state index in [-0.39, 0.29) is 0 Å². The fourth-order valence-electron chi connectivity index (χ4n) is 1.91. The topological polar surface area (TPSA) is 53.2 Å². The molecule has 1 aliphatic rings. The van der Waals surface area contributed by atoms with Gasteiger partial charge in [-0.25, -0.2) is 9.79 Å². The Morgan fingerprint density at radius 3 is 2.38 bits per heavy atom. The van der Waals surface area contributed by atoms with Gasteiger partial charge in [-0.05, 0) is 37.5 Å². The van der Waals surface area contributed by atoms with Crippen molar-refractivity contribution in [2.24, 2.45) is 16.8 Å². The van der Waals surface area contributed by atoms with Crippen LogP contribution in [0.3, 0.4) is 0 Å². The molecule has 0 unspecified atom stereocenters. The summed E-state index contributed by atoms with van der Waals surface area (Å²) in [5.41, 5.74) is 0. The van der Waals surface area contributed by atoms with Gasteiger partial charge in [-0.2, -0.15) is 5.26 Å². The first-order valence-corrected chi connectivity index (χ1v) is 4.77. The number of rotatable bonds is 3. The Hall–Kier alpha value is -1.13. The van der Waals surface area contributed by atoms with Crippen LogP contribution in [-0.2, 0) is 4.79 Å². The first-order valence-electron chi connectivity index (χ1n) is 4.77. The zero-order valence-electron chi connectivity index (χ0n) is 7.70. The Kier molecular flexibility index (Phi) is 4.21. The fourth-order valence-corrected chi connectivity index (χ4v) is 1.91. The van der Waals surface area contributed by atoms with Crippen LogP contribution in [0.2, 0.25) is 0 Å². The maximum absolute atomic E-state index is 9.88. The van der Waals surface area contributed by atoms with E-state index in [9.17, 15) is 4.79 Å². The summed E-state index contributed by atoms with van der Waals surface area (Å²) >= 11 is 0. The molecule has 0 N–H and O–H groups in total. The van der Waals surface area contributed by atoms with Gasteiger partial charge in [0.1, 0.15) is 0 Å². The van der Waals surface area contributed by atoms with Crippen LogP contribution in [0.4, 0.5) is 0 Å². The molecular formula is C10H14N2O. The molecule has 0 spiro atoms. The third kappa shape index (κ3) is 3.40. The molecule has 0 aromatic rings. The van der Waals surface area contributed by atoms with Crippen molar-refractivity contribution in [2.45, 2.75) is 32.1 Å². The molecule has 0 atom stereocenters. The van der Waals surface area contributed by atoms with E-state index in [1.54, 1.807) is 6.08 Å². The minimum absolute atomic E-state index is 0.552. The molecule has 0 heterocycles. The molecule has 13 heavy (non-hydrogen) atoms. The summed E-state index contributed by atoms with van der Waals surface area (Å²) in [5.74, 6) is 1.14. The minimum atomic E-state index is 0.552. The predicted octanol–water partition coefficient (Wildman–Crippen LogP) is 2.04. The second-order valence-electron chi connectivity index (χ2n) is 3.68. The van der Waals surface area contributed by atoms with Crippen molar-refractivity contribution in [1.82, 2.24) is 0 Å². The lowest BCUT2D eigenvalue weighted by atomic mass is 9.81. The van der Waals surface area contributed by atoms with E-state index in [1.807, 2.05) is 0 Å². The average molecular weight is 178 g/mol. The highest BCUT2D eigenvalue weighted by Crippen LogP contribution is 2.30. The van der Waals surface area contributed by atoms with Crippen molar-refractivity contribution in [2.75, 3.05) is 6.54 Å². The predicted molar refractivity (Wildman–Crippen MR) is 48.7 cm³/mol. The molecule has 0 bridgehead atoms. The van der Waals surface area contributed by atoms with Crippen molar-refractivity contribution >= 4 is 6.08 Å². The van der Waals surface area contributed by atoms with Crippen LogP contribution < -0.4 is 0 Å². The fraction of sp³-hybridized carbons (Fsp3) is 0.800. The quantitative estimate of drug-likeness (QED) is 0.490. The highest BCUT2D eigenvalue weighted by Gasteiger charge is 2.20. The van der Waals surface area contributed by atoms with Gasteiger partial charge in [-0.1, -0.05) is 0 Å². The van der Waals surface area contributed by atoms with Gasteiger partial charge < -0.3 is 0 Å². The Balaban J connectivity index is 2.23. The van der Waals surface area contributed by atoms with Crippen LogP contribution in [0, 0.1) is 23.2 Å². The molecule has 0 amide bonds.